The molecule has 2 aromatic rings. The van der Waals surface area contributed by atoms with Crippen LogP contribution >= 0.6 is 0 Å². The van der Waals surface area contributed by atoms with Gasteiger partial charge in [0, 0.05) is 18.3 Å². The topological polar surface area (TPSA) is 82.1 Å². The van der Waals surface area contributed by atoms with Gasteiger partial charge in [-0.25, -0.2) is 4.79 Å². The Hall–Kier alpha value is -3.49. The molecule has 0 bridgehead atoms. The maximum Gasteiger partial charge on any atom is 0.387 e. The standard InChI is InChI=1S/C20H17F2NO6/c1-23-14-5-3-11(7-13(14)9-18(23)25)15(24)10-28-19(26)12-4-6-16(29-20(21)22)17(8-12)27-2/h3-8,20H,9-10H2,1-2H3. The van der Waals surface area contributed by atoms with Gasteiger partial charge in [-0.3, -0.25) is 9.59 Å². The number of fused-ring (bicyclic) bond motifs is 1. The van der Waals surface area contributed by atoms with Gasteiger partial charge in [0.15, 0.2) is 23.9 Å². The summed E-state index contributed by atoms with van der Waals surface area (Å²) < 4.78 is 39.0. The molecular formula is C20H17F2NO6. The number of esters is 1. The van der Waals surface area contributed by atoms with Crippen molar-refractivity contribution in [2.24, 2.45) is 0 Å². The van der Waals surface area contributed by atoms with E-state index >= 15 is 0 Å². The Morgan fingerprint density at radius 2 is 1.83 bits per heavy atom. The highest BCUT2D eigenvalue weighted by atomic mass is 19.3. The van der Waals surface area contributed by atoms with Gasteiger partial charge in [-0.05, 0) is 42.0 Å². The first kappa shape index (κ1) is 20.2. The molecule has 29 heavy (non-hydrogen) atoms. The summed E-state index contributed by atoms with van der Waals surface area (Å²) in [4.78, 5) is 37.8. The number of rotatable bonds is 7. The van der Waals surface area contributed by atoms with Crippen molar-refractivity contribution >= 4 is 23.3 Å². The van der Waals surface area contributed by atoms with Crippen molar-refractivity contribution in [1.82, 2.24) is 0 Å². The van der Waals surface area contributed by atoms with Crippen LogP contribution in [-0.2, 0) is 16.0 Å². The minimum Gasteiger partial charge on any atom is -0.493 e. The van der Waals surface area contributed by atoms with E-state index in [-0.39, 0.29) is 29.4 Å². The molecule has 0 saturated heterocycles. The molecule has 1 amide bonds. The summed E-state index contributed by atoms with van der Waals surface area (Å²) in [5.41, 5.74) is 1.80. The number of hydrogen-bond donors (Lipinski definition) is 0. The second-order valence-corrected chi connectivity index (χ2v) is 6.22. The lowest BCUT2D eigenvalue weighted by molar-refractivity contribution is -0.117. The average molecular weight is 405 g/mol. The van der Waals surface area contributed by atoms with Gasteiger partial charge in [0.2, 0.25) is 5.91 Å². The van der Waals surface area contributed by atoms with Crippen LogP contribution in [0.3, 0.4) is 0 Å². The number of benzene rings is 2. The lowest BCUT2D eigenvalue weighted by Crippen LogP contribution is -2.20. The van der Waals surface area contributed by atoms with E-state index in [0.717, 1.165) is 17.3 Å². The molecule has 0 spiro atoms. The van der Waals surface area contributed by atoms with Crippen LogP contribution in [0.2, 0.25) is 0 Å². The number of ether oxygens (including phenoxy) is 3. The smallest absolute Gasteiger partial charge is 0.387 e. The first-order valence-corrected chi connectivity index (χ1v) is 8.52. The van der Waals surface area contributed by atoms with Crippen LogP contribution in [0, 0.1) is 0 Å². The molecule has 0 unspecified atom stereocenters. The molecule has 152 valence electrons. The zero-order chi connectivity index (χ0) is 21.1. The van der Waals surface area contributed by atoms with Crippen LogP contribution in [-0.4, -0.2) is 45.0 Å². The molecule has 9 heteroatoms. The van der Waals surface area contributed by atoms with Crippen LogP contribution in [0.5, 0.6) is 11.5 Å². The van der Waals surface area contributed by atoms with Crippen molar-refractivity contribution in [1.29, 1.82) is 0 Å². The molecule has 0 aromatic heterocycles. The summed E-state index contributed by atoms with van der Waals surface area (Å²) in [6.07, 6.45) is 0.208. The number of anilines is 1. The normalized spacial score (nSPS) is 12.7. The number of alkyl halides is 2. The summed E-state index contributed by atoms with van der Waals surface area (Å²) in [6, 6.07) is 8.39. The SMILES string of the molecule is COc1cc(C(=O)OCC(=O)c2ccc3c(c2)CC(=O)N3C)ccc1OC(F)F. The number of carbonyl (C=O) groups excluding carboxylic acids is 3. The molecule has 0 atom stereocenters. The fourth-order valence-corrected chi connectivity index (χ4v) is 2.93. The van der Waals surface area contributed by atoms with Crippen LogP contribution in [0.15, 0.2) is 36.4 Å². The highest BCUT2D eigenvalue weighted by Crippen LogP contribution is 2.30. The van der Waals surface area contributed by atoms with Gasteiger partial charge in [0.05, 0.1) is 19.1 Å². The van der Waals surface area contributed by atoms with Gasteiger partial charge in [-0.1, -0.05) is 0 Å². The highest BCUT2D eigenvalue weighted by Gasteiger charge is 2.25. The maximum atomic E-state index is 12.4. The summed E-state index contributed by atoms with van der Waals surface area (Å²) >= 11 is 0. The van der Waals surface area contributed by atoms with E-state index in [0.29, 0.717) is 5.56 Å². The summed E-state index contributed by atoms with van der Waals surface area (Å²) in [5.74, 6) is -1.63. The highest BCUT2D eigenvalue weighted by molar-refractivity contribution is 6.04. The minimum absolute atomic E-state index is 0.0115. The molecule has 0 saturated carbocycles. The summed E-state index contributed by atoms with van der Waals surface area (Å²) in [6.45, 7) is -3.55. The molecular weight excluding hydrogens is 388 g/mol. The Morgan fingerprint density at radius 3 is 2.52 bits per heavy atom. The van der Waals surface area contributed by atoms with Crippen molar-refractivity contribution in [2.45, 2.75) is 13.0 Å². The number of amides is 1. The Balaban J connectivity index is 1.66. The van der Waals surface area contributed by atoms with Crippen molar-refractivity contribution in [2.75, 3.05) is 25.7 Å². The Labute approximate surface area is 164 Å². The third kappa shape index (κ3) is 4.34. The average Bonchev–Trinajstić information content (AvgIpc) is 2.98. The molecule has 7 nitrogen and oxygen atoms in total. The fourth-order valence-electron chi connectivity index (χ4n) is 2.93. The van der Waals surface area contributed by atoms with Crippen LogP contribution in [0.25, 0.3) is 0 Å². The van der Waals surface area contributed by atoms with Crippen molar-refractivity contribution in [3.63, 3.8) is 0 Å². The third-order valence-electron chi connectivity index (χ3n) is 4.43. The number of carbonyl (C=O) groups is 3. The van der Waals surface area contributed by atoms with Crippen LogP contribution in [0.4, 0.5) is 14.5 Å². The zero-order valence-electron chi connectivity index (χ0n) is 15.6. The van der Waals surface area contributed by atoms with Crippen LogP contribution < -0.4 is 14.4 Å². The largest absolute Gasteiger partial charge is 0.493 e. The summed E-state index contributed by atoms with van der Waals surface area (Å²) in [7, 11) is 2.89. The van der Waals surface area contributed by atoms with Gasteiger partial charge in [0.1, 0.15) is 0 Å². The second-order valence-electron chi connectivity index (χ2n) is 6.22. The lowest BCUT2D eigenvalue weighted by Gasteiger charge is -2.11. The van der Waals surface area contributed by atoms with Gasteiger partial charge in [0.25, 0.3) is 0 Å². The monoisotopic (exact) mass is 405 g/mol. The predicted octanol–water partition coefficient (Wildman–Crippen LogP) is 2.86. The van der Waals surface area contributed by atoms with Crippen molar-refractivity contribution < 1.29 is 37.4 Å². The number of likely N-dealkylation sites (N-methyl/N-ethyl adjacent to an activating group) is 1. The Morgan fingerprint density at radius 1 is 1.10 bits per heavy atom. The molecule has 0 aliphatic carbocycles. The molecule has 3 rings (SSSR count). The predicted molar refractivity (Wildman–Crippen MR) is 97.8 cm³/mol. The molecule has 0 N–H and O–H groups in total. The quantitative estimate of drug-likeness (QED) is 0.521. The first-order chi connectivity index (χ1) is 13.8. The number of halogens is 2. The summed E-state index contributed by atoms with van der Waals surface area (Å²) in [5, 5.41) is 0. The number of hydrogen-bond acceptors (Lipinski definition) is 6. The Bertz CT molecular complexity index is 975. The Kier molecular flexibility index (Phi) is 5.76. The third-order valence-corrected chi connectivity index (χ3v) is 4.43. The zero-order valence-corrected chi connectivity index (χ0v) is 15.6. The van der Waals surface area contributed by atoms with Gasteiger partial charge in [-0.15, -0.1) is 0 Å². The second kappa shape index (κ2) is 8.26. The van der Waals surface area contributed by atoms with E-state index in [2.05, 4.69) is 4.74 Å². The first-order valence-electron chi connectivity index (χ1n) is 8.52. The van der Waals surface area contributed by atoms with E-state index in [1.807, 2.05) is 0 Å². The van der Waals surface area contributed by atoms with Crippen molar-refractivity contribution in [3.05, 3.63) is 53.1 Å². The number of ketones is 1. The van der Waals surface area contributed by atoms with E-state index in [1.165, 1.54) is 24.1 Å². The lowest BCUT2D eigenvalue weighted by atomic mass is 10.1. The van der Waals surface area contributed by atoms with E-state index in [9.17, 15) is 23.2 Å². The molecule has 2 aromatic carbocycles. The fraction of sp³-hybridized carbons (Fsp3) is 0.250. The molecule has 1 aliphatic heterocycles. The number of Topliss-reactive ketones (excluding diaryl/α,β-unsaturated/α-hetero) is 1. The molecule has 1 heterocycles. The molecule has 1 aliphatic rings. The molecule has 0 radical (unpaired) electrons. The van der Waals surface area contributed by atoms with Gasteiger partial charge in [-0.2, -0.15) is 8.78 Å². The van der Waals surface area contributed by atoms with E-state index < -0.39 is 25.0 Å². The number of methoxy groups -OCH3 is 1. The molecule has 0 fully saturated rings. The van der Waals surface area contributed by atoms with Gasteiger partial charge < -0.3 is 19.1 Å². The minimum atomic E-state index is -3.04. The van der Waals surface area contributed by atoms with Crippen LogP contribution in [0.1, 0.15) is 26.3 Å². The maximum absolute atomic E-state index is 12.4. The van der Waals surface area contributed by atoms with Gasteiger partial charge >= 0.3 is 12.6 Å². The van der Waals surface area contributed by atoms with E-state index in [1.54, 1.807) is 25.2 Å². The van der Waals surface area contributed by atoms with Crippen molar-refractivity contribution in [3.8, 4) is 11.5 Å². The van der Waals surface area contributed by atoms with E-state index in [4.69, 9.17) is 9.47 Å². The number of nitrogens with zero attached hydrogens (tertiary/aromatic N) is 1.